The third-order valence-corrected chi connectivity index (χ3v) is 2.42. The molecule has 0 saturated heterocycles. The Labute approximate surface area is 95.2 Å². The summed E-state index contributed by atoms with van der Waals surface area (Å²) in [5.41, 5.74) is 0. The van der Waals surface area contributed by atoms with Gasteiger partial charge in [0.25, 0.3) is 0 Å². The van der Waals surface area contributed by atoms with Gasteiger partial charge in [-0.1, -0.05) is 6.08 Å². The van der Waals surface area contributed by atoms with E-state index in [4.69, 9.17) is 9.52 Å². The minimum atomic E-state index is -0.850. The van der Waals surface area contributed by atoms with Gasteiger partial charge in [-0.15, -0.1) is 6.58 Å². The molecule has 1 N–H and O–H groups in total. The van der Waals surface area contributed by atoms with Crippen LogP contribution in [0.15, 0.2) is 29.2 Å². The van der Waals surface area contributed by atoms with Crippen molar-refractivity contribution < 1.29 is 14.3 Å². The number of aryl methyl sites for hydroxylation is 1. The molecule has 0 bridgehead atoms. The first-order valence-electron chi connectivity index (χ1n) is 5.17. The summed E-state index contributed by atoms with van der Waals surface area (Å²) in [7, 11) is 0. The molecule has 0 aliphatic rings. The number of hydrogen-bond donors (Lipinski definition) is 1. The van der Waals surface area contributed by atoms with Gasteiger partial charge in [0, 0.05) is 6.54 Å². The Hall–Kier alpha value is -1.55. The molecule has 1 unspecified atom stereocenters. The second kappa shape index (κ2) is 5.51. The zero-order valence-corrected chi connectivity index (χ0v) is 9.64. The first-order chi connectivity index (χ1) is 7.54. The van der Waals surface area contributed by atoms with Gasteiger partial charge in [0.1, 0.15) is 11.5 Å². The van der Waals surface area contributed by atoms with E-state index in [0.717, 1.165) is 11.5 Å². The maximum atomic E-state index is 10.7. The highest BCUT2D eigenvalue weighted by Crippen LogP contribution is 2.21. The van der Waals surface area contributed by atoms with Crippen molar-refractivity contribution in [1.82, 2.24) is 4.90 Å². The van der Waals surface area contributed by atoms with Gasteiger partial charge in [-0.3, -0.25) is 9.69 Å². The molecule has 0 radical (unpaired) electrons. The van der Waals surface area contributed by atoms with Crippen molar-refractivity contribution in [2.75, 3.05) is 13.1 Å². The zero-order valence-electron chi connectivity index (χ0n) is 9.64. The molecule has 0 saturated carbocycles. The fourth-order valence-corrected chi connectivity index (χ4v) is 1.56. The SMILES string of the molecule is C=CCN(CC(=O)O)C(C)c1ccc(C)o1. The number of rotatable bonds is 6. The van der Waals surface area contributed by atoms with Crippen LogP contribution in [0, 0.1) is 6.92 Å². The Morgan fingerprint density at radius 2 is 2.38 bits per heavy atom. The Bertz CT molecular complexity index is 370. The average Bonchev–Trinajstić information content (AvgIpc) is 2.62. The van der Waals surface area contributed by atoms with Crippen LogP contribution in [0.2, 0.25) is 0 Å². The van der Waals surface area contributed by atoms with E-state index in [2.05, 4.69) is 6.58 Å². The maximum absolute atomic E-state index is 10.7. The molecule has 1 rings (SSSR count). The highest BCUT2D eigenvalue weighted by Gasteiger charge is 2.19. The third kappa shape index (κ3) is 3.24. The van der Waals surface area contributed by atoms with E-state index in [9.17, 15) is 4.79 Å². The lowest BCUT2D eigenvalue weighted by atomic mass is 10.2. The average molecular weight is 223 g/mol. The van der Waals surface area contributed by atoms with E-state index >= 15 is 0 Å². The second-order valence-electron chi connectivity index (χ2n) is 3.74. The topological polar surface area (TPSA) is 53.7 Å². The summed E-state index contributed by atoms with van der Waals surface area (Å²) in [4.78, 5) is 12.5. The Morgan fingerprint density at radius 1 is 1.69 bits per heavy atom. The molecule has 0 fully saturated rings. The lowest BCUT2D eigenvalue weighted by Crippen LogP contribution is -2.32. The Balaban J connectivity index is 2.77. The molecular formula is C12H17NO3. The molecule has 1 heterocycles. The first-order valence-corrected chi connectivity index (χ1v) is 5.17. The van der Waals surface area contributed by atoms with Crippen molar-refractivity contribution in [3.8, 4) is 0 Å². The number of hydrogen-bond acceptors (Lipinski definition) is 3. The zero-order chi connectivity index (χ0) is 12.1. The fourth-order valence-electron chi connectivity index (χ4n) is 1.56. The van der Waals surface area contributed by atoms with Crippen LogP contribution in [0.4, 0.5) is 0 Å². The highest BCUT2D eigenvalue weighted by molar-refractivity contribution is 5.69. The first kappa shape index (κ1) is 12.5. The second-order valence-corrected chi connectivity index (χ2v) is 3.74. The molecule has 1 atom stereocenters. The molecule has 0 aromatic carbocycles. The van der Waals surface area contributed by atoms with Gasteiger partial charge in [0.15, 0.2) is 0 Å². The molecule has 16 heavy (non-hydrogen) atoms. The highest BCUT2D eigenvalue weighted by atomic mass is 16.4. The normalized spacial score (nSPS) is 12.7. The number of aliphatic carboxylic acids is 1. The molecule has 88 valence electrons. The molecule has 1 aromatic heterocycles. The Kier molecular flexibility index (Phi) is 4.31. The molecule has 0 aliphatic heterocycles. The fraction of sp³-hybridized carbons (Fsp3) is 0.417. The van der Waals surface area contributed by atoms with E-state index in [1.807, 2.05) is 26.0 Å². The van der Waals surface area contributed by atoms with Crippen molar-refractivity contribution in [1.29, 1.82) is 0 Å². The lowest BCUT2D eigenvalue weighted by Gasteiger charge is -2.24. The van der Waals surface area contributed by atoms with Crippen LogP contribution in [0.3, 0.4) is 0 Å². The van der Waals surface area contributed by atoms with Gasteiger partial charge < -0.3 is 9.52 Å². The largest absolute Gasteiger partial charge is 0.480 e. The summed E-state index contributed by atoms with van der Waals surface area (Å²) >= 11 is 0. The van der Waals surface area contributed by atoms with Gasteiger partial charge in [0.2, 0.25) is 0 Å². The van der Waals surface area contributed by atoms with Crippen LogP contribution in [0.1, 0.15) is 24.5 Å². The predicted octanol–water partition coefficient (Wildman–Crippen LogP) is 2.22. The molecule has 0 amide bonds. The standard InChI is InChI=1S/C12H17NO3/c1-4-7-13(8-12(14)15)10(3)11-6-5-9(2)16-11/h4-6,10H,1,7-8H2,2-3H3,(H,14,15). The summed E-state index contributed by atoms with van der Waals surface area (Å²) in [6.45, 7) is 7.91. The molecule has 1 aromatic rings. The quantitative estimate of drug-likeness (QED) is 0.751. The number of carboxylic acids is 1. The van der Waals surface area contributed by atoms with Crippen LogP contribution in [-0.2, 0) is 4.79 Å². The van der Waals surface area contributed by atoms with Gasteiger partial charge >= 0.3 is 5.97 Å². The van der Waals surface area contributed by atoms with Gasteiger partial charge in [-0.25, -0.2) is 0 Å². The summed E-state index contributed by atoms with van der Waals surface area (Å²) in [6, 6.07) is 3.68. The number of furan rings is 1. The van der Waals surface area contributed by atoms with E-state index < -0.39 is 5.97 Å². The smallest absolute Gasteiger partial charge is 0.317 e. The number of carboxylic acid groups (broad SMARTS) is 1. The van der Waals surface area contributed by atoms with E-state index in [1.165, 1.54) is 0 Å². The minimum Gasteiger partial charge on any atom is -0.480 e. The molecular weight excluding hydrogens is 206 g/mol. The van der Waals surface area contributed by atoms with Crippen molar-refractivity contribution >= 4 is 5.97 Å². The minimum absolute atomic E-state index is 0.0209. The van der Waals surface area contributed by atoms with Crippen molar-refractivity contribution in [2.45, 2.75) is 19.9 Å². The molecule has 0 aliphatic carbocycles. The monoisotopic (exact) mass is 223 g/mol. The molecule has 4 nitrogen and oxygen atoms in total. The van der Waals surface area contributed by atoms with E-state index in [-0.39, 0.29) is 12.6 Å². The predicted molar refractivity (Wildman–Crippen MR) is 61.3 cm³/mol. The maximum Gasteiger partial charge on any atom is 0.317 e. The van der Waals surface area contributed by atoms with E-state index in [1.54, 1.807) is 11.0 Å². The van der Waals surface area contributed by atoms with Crippen LogP contribution in [-0.4, -0.2) is 29.1 Å². The summed E-state index contributed by atoms with van der Waals surface area (Å²) in [5.74, 6) is 0.758. The van der Waals surface area contributed by atoms with Gasteiger partial charge in [-0.05, 0) is 26.0 Å². The summed E-state index contributed by atoms with van der Waals surface area (Å²) in [6.07, 6.45) is 1.69. The summed E-state index contributed by atoms with van der Waals surface area (Å²) in [5, 5.41) is 8.80. The van der Waals surface area contributed by atoms with Crippen LogP contribution in [0.25, 0.3) is 0 Å². The van der Waals surface area contributed by atoms with Crippen molar-refractivity contribution in [3.05, 3.63) is 36.3 Å². The lowest BCUT2D eigenvalue weighted by molar-refractivity contribution is -0.138. The summed E-state index contributed by atoms with van der Waals surface area (Å²) < 4.78 is 5.49. The Morgan fingerprint density at radius 3 is 2.81 bits per heavy atom. The van der Waals surface area contributed by atoms with Crippen molar-refractivity contribution in [2.24, 2.45) is 0 Å². The molecule has 0 spiro atoms. The van der Waals surface area contributed by atoms with Crippen molar-refractivity contribution in [3.63, 3.8) is 0 Å². The molecule has 4 heteroatoms. The third-order valence-electron chi connectivity index (χ3n) is 2.42. The van der Waals surface area contributed by atoms with Crippen LogP contribution >= 0.6 is 0 Å². The number of carbonyl (C=O) groups is 1. The van der Waals surface area contributed by atoms with Crippen LogP contribution in [0.5, 0.6) is 0 Å². The van der Waals surface area contributed by atoms with Crippen LogP contribution < -0.4 is 0 Å². The van der Waals surface area contributed by atoms with Gasteiger partial charge in [-0.2, -0.15) is 0 Å². The number of nitrogens with zero attached hydrogens (tertiary/aromatic N) is 1. The van der Waals surface area contributed by atoms with Gasteiger partial charge in [0.05, 0.1) is 12.6 Å². The van der Waals surface area contributed by atoms with E-state index in [0.29, 0.717) is 6.54 Å².